The maximum Gasteiger partial charge on any atom is 0.264 e. The molecule has 5 heteroatoms. The average molecular weight is 339 g/mol. The van der Waals surface area contributed by atoms with Gasteiger partial charge in [-0.2, -0.15) is 0 Å². The summed E-state index contributed by atoms with van der Waals surface area (Å²) >= 11 is 0. The molecule has 1 saturated heterocycles. The number of amides is 1. The number of rotatable bonds is 4. The third-order valence-electron chi connectivity index (χ3n) is 5.47. The molecule has 1 N–H and O–H groups in total. The average Bonchev–Trinajstić information content (AvgIpc) is 3.46. The molecule has 0 radical (unpaired) electrons. The molecule has 1 saturated carbocycles. The Hall–Kier alpha value is -2.14. The lowest BCUT2D eigenvalue weighted by Gasteiger charge is -2.31. The van der Waals surface area contributed by atoms with Gasteiger partial charge in [-0.3, -0.25) is 9.59 Å². The summed E-state index contributed by atoms with van der Waals surface area (Å²) in [6.07, 6.45) is 3.93. The predicted octanol–water partition coefficient (Wildman–Crippen LogP) is 2.55. The molecule has 0 bridgehead atoms. The van der Waals surface area contributed by atoms with Gasteiger partial charge in [0, 0.05) is 25.2 Å². The van der Waals surface area contributed by atoms with E-state index in [1.54, 1.807) is 6.07 Å². The van der Waals surface area contributed by atoms with E-state index in [0.717, 1.165) is 56.2 Å². The van der Waals surface area contributed by atoms with Crippen LogP contribution in [-0.2, 0) is 0 Å². The highest BCUT2D eigenvalue weighted by atomic mass is 16.2. The fraction of sp³-hybridized carbons (Fsp3) is 0.500. The van der Waals surface area contributed by atoms with Crippen LogP contribution in [0.2, 0.25) is 0 Å². The number of para-hydroxylation sites is 1. The van der Waals surface area contributed by atoms with Gasteiger partial charge in [0.2, 0.25) is 0 Å². The van der Waals surface area contributed by atoms with Gasteiger partial charge in [-0.05, 0) is 49.7 Å². The Morgan fingerprint density at radius 3 is 2.56 bits per heavy atom. The minimum absolute atomic E-state index is 0.148. The van der Waals surface area contributed by atoms with E-state index in [0.29, 0.717) is 0 Å². The molecule has 0 unspecified atom stereocenters. The molecule has 2 aliphatic rings. The number of likely N-dealkylation sites (tertiary alicyclic amines) is 1. The van der Waals surface area contributed by atoms with Crippen molar-refractivity contribution < 1.29 is 4.79 Å². The van der Waals surface area contributed by atoms with E-state index in [9.17, 15) is 9.59 Å². The molecule has 0 atom stereocenters. The Labute approximate surface area is 147 Å². The van der Waals surface area contributed by atoms with Crippen molar-refractivity contribution >= 4 is 16.8 Å². The summed E-state index contributed by atoms with van der Waals surface area (Å²) in [5.41, 5.74) is 1.07. The largest absolute Gasteiger partial charge is 0.349 e. The van der Waals surface area contributed by atoms with Gasteiger partial charge >= 0.3 is 0 Å². The first-order chi connectivity index (χ1) is 12.2. The Bertz CT molecular complexity index is 846. The number of fused-ring (bicyclic) bond motifs is 1. The third-order valence-corrected chi connectivity index (χ3v) is 5.47. The first-order valence-electron chi connectivity index (χ1n) is 9.35. The summed E-state index contributed by atoms with van der Waals surface area (Å²) < 4.78 is 1.82. The van der Waals surface area contributed by atoms with Crippen LogP contribution in [0.1, 0.15) is 49.0 Å². The van der Waals surface area contributed by atoms with E-state index in [2.05, 4.69) is 17.1 Å². The van der Waals surface area contributed by atoms with Crippen LogP contribution in [-0.4, -0.2) is 41.1 Å². The fourth-order valence-corrected chi connectivity index (χ4v) is 3.80. The maximum atomic E-state index is 12.9. The molecule has 4 rings (SSSR count). The molecule has 2 heterocycles. The van der Waals surface area contributed by atoms with Crippen molar-refractivity contribution in [1.82, 2.24) is 14.8 Å². The quantitative estimate of drug-likeness (QED) is 0.931. The summed E-state index contributed by atoms with van der Waals surface area (Å²) in [5, 5.41) is 4.05. The number of hydrogen-bond donors (Lipinski definition) is 1. The molecule has 132 valence electrons. The second kappa shape index (κ2) is 6.64. The van der Waals surface area contributed by atoms with Crippen molar-refractivity contribution in [1.29, 1.82) is 0 Å². The first kappa shape index (κ1) is 16.3. The van der Waals surface area contributed by atoms with Crippen LogP contribution in [0.3, 0.4) is 0 Å². The highest BCUT2D eigenvalue weighted by molar-refractivity contribution is 5.97. The van der Waals surface area contributed by atoms with Crippen molar-refractivity contribution in [3.05, 3.63) is 46.2 Å². The second-order valence-electron chi connectivity index (χ2n) is 7.21. The van der Waals surface area contributed by atoms with Gasteiger partial charge in [0.15, 0.2) is 0 Å². The molecule has 25 heavy (non-hydrogen) atoms. The highest BCUT2D eigenvalue weighted by Crippen LogP contribution is 2.35. The zero-order valence-electron chi connectivity index (χ0n) is 14.7. The third kappa shape index (κ3) is 3.21. The summed E-state index contributed by atoms with van der Waals surface area (Å²) in [4.78, 5) is 28.1. The number of carbonyl (C=O) groups excluding carboxylic acids is 1. The van der Waals surface area contributed by atoms with Crippen LogP contribution in [0, 0.1) is 0 Å². The number of hydrogen-bond acceptors (Lipinski definition) is 3. The van der Waals surface area contributed by atoms with Crippen LogP contribution in [0.4, 0.5) is 0 Å². The van der Waals surface area contributed by atoms with Crippen molar-refractivity contribution in [3.8, 4) is 0 Å². The molecule has 1 aliphatic carbocycles. The Balaban J connectivity index is 1.61. The van der Waals surface area contributed by atoms with Crippen molar-refractivity contribution in [2.45, 2.75) is 44.7 Å². The molecule has 1 amide bonds. The molecule has 5 nitrogen and oxygen atoms in total. The molecular weight excluding hydrogens is 314 g/mol. The summed E-state index contributed by atoms with van der Waals surface area (Å²) in [7, 11) is 0. The van der Waals surface area contributed by atoms with Gasteiger partial charge in [0.05, 0.1) is 5.52 Å². The van der Waals surface area contributed by atoms with Crippen molar-refractivity contribution in [2.24, 2.45) is 0 Å². The normalized spacial score (nSPS) is 19.2. The zero-order valence-corrected chi connectivity index (χ0v) is 14.7. The number of piperidine rings is 1. The number of aromatic nitrogens is 1. The van der Waals surface area contributed by atoms with Gasteiger partial charge in [-0.15, -0.1) is 0 Å². The van der Waals surface area contributed by atoms with Gasteiger partial charge < -0.3 is 14.8 Å². The van der Waals surface area contributed by atoms with Gasteiger partial charge in [0.25, 0.3) is 11.5 Å². The number of benzene rings is 1. The summed E-state index contributed by atoms with van der Waals surface area (Å²) in [5.74, 6) is -0.222. The Kier molecular flexibility index (Phi) is 4.34. The number of pyridine rings is 1. The summed E-state index contributed by atoms with van der Waals surface area (Å²) in [6, 6.07) is 10.0. The molecule has 2 aromatic rings. The van der Waals surface area contributed by atoms with Crippen LogP contribution in [0.25, 0.3) is 10.9 Å². The predicted molar refractivity (Wildman–Crippen MR) is 99.1 cm³/mol. The molecule has 1 aromatic heterocycles. The smallest absolute Gasteiger partial charge is 0.264 e. The van der Waals surface area contributed by atoms with Gasteiger partial charge in [0.1, 0.15) is 5.56 Å². The lowest BCUT2D eigenvalue weighted by molar-refractivity contribution is 0.0911. The van der Waals surface area contributed by atoms with E-state index in [1.807, 2.05) is 28.8 Å². The lowest BCUT2D eigenvalue weighted by atomic mass is 10.0. The van der Waals surface area contributed by atoms with Crippen molar-refractivity contribution in [2.75, 3.05) is 19.6 Å². The monoisotopic (exact) mass is 339 g/mol. The van der Waals surface area contributed by atoms with Gasteiger partial charge in [-0.1, -0.05) is 25.1 Å². The number of carbonyl (C=O) groups is 1. The zero-order chi connectivity index (χ0) is 17.4. The summed E-state index contributed by atoms with van der Waals surface area (Å²) in [6.45, 7) is 5.22. The van der Waals surface area contributed by atoms with Crippen LogP contribution in [0.15, 0.2) is 35.1 Å². The standard InChI is InChI=1S/C20H25N3O2/c1-2-22-11-9-15(10-12-22)21-19(24)17-13-14-5-3-4-6-18(14)23(20(17)25)16-7-8-16/h3-6,13,15-16H,2,7-12H2,1H3,(H,21,24). The molecule has 0 spiro atoms. The molecule has 1 aromatic carbocycles. The van der Waals surface area contributed by atoms with Gasteiger partial charge in [-0.25, -0.2) is 0 Å². The minimum Gasteiger partial charge on any atom is -0.349 e. The van der Waals surface area contributed by atoms with E-state index in [4.69, 9.17) is 0 Å². The van der Waals surface area contributed by atoms with Crippen LogP contribution >= 0.6 is 0 Å². The molecule has 1 aliphatic heterocycles. The number of nitrogens with one attached hydrogen (secondary N) is 1. The van der Waals surface area contributed by atoms with Crippen LogP contribution < -0.4 is 10.9 Å². The first-order valence-corrected chi connectivity index (χ1v) is 9.35. The van der Waals surface area contributed by atoms with E-state index in [1.165, 1.54) is 0 Å². The maximum absolute atomic E-state index is 12.9. The van der Waals surface area contributed by atoms with E-state index >= 15 is 0 Å². The SMILES string of the molecule is CCN1CCC(NC(=O)c2cc3ccccc3n(C3CC3)c2=O)CC1. The second-order valence-corrected chi connectivity index (χ2v) is 7.21. The van der Waals surface area contributed by atoms with E-state index < -0.39 is 0 Å². The fourth-order valence-electron chi connectivity index (χ4n) is 3.80. The minimum atomic E-state index is -0.222. The number of nitrogens with zero attached hydrogens (tertiary/aromatic N) is 2. The molecular formula is C20H25N3O2. The van der Waals surface area contributed by atoms with Crippen molar-refractivity contribution in [3.63, 3.8) is 0 Å². The molecule has 2 fully saturated rings. The topological polar surface area (TPSA) is 54.3 Å². The highest BCUT2D eigenvalue weighted by Gasteiger charge is 2.29. The van der Waals surface area contributed by atoms with Crippen LogP contribution in [0.5, 0.6) is 0 Å². The lowest BCUT2D eigenvalue weighted by Crippen LogP contribution is -2.45. The Morgan fingerprint density at radius 2 is 1.88 bits per heavy atom. The Morgan fingerprint density at radius 1 is 1.16 bits per heavy atom. The van der Waals surface area contributed by atoms with E-state index in [-0.39, 0.29) is 29.1 Å².